The first-order valence-corrected chi connectivity index (χ1v) is 8.66. The van der Waals surface area contributed by atoms with E-state index in [1.165, 1.54) is 11.3 Å². The molecule has 0 saturated carbocycles. The summed E-state index contributed by atoms with van der Waals surface area (Å²) in [5.74, 6) is 0.134. The lowest BCUT2D eigenvalue weighted by molar-refractivity contribution is 0.0747. The molecule has 1 amide bonds. The van der Waals surface area contributed by atoms with Gasteiger partial charge in [0.25, 0.3) is 5.91 Å². The SMILES string of the molecule is CC[C@H]1C=CCN1C(=O)c1ccc(-c2ccsc2C(C)=O)cc1. The molecule has 3 rings (SSSR count). The molecular weight excluding hydrogens is 306 g/mol. The van der Waals surface area contributed by atoms with E-state index in [0.29, 0.717) is 12.1 Å². The van der Waals surface area contributed by atoms with Crippen LogP contribution in [0.5, 0.6) is 0 Å². The molecule has 1 atom stereocenters. The van der Waals surface area contributed by atoms with Gasteiger partial charge in [0.15, 0.2) is 5.78 Å². The Bertz CT molecular complexity index is 758. The normalized spacial score (nSPS) is 16.8. The zero-order chi connectivity index (χ0) is 16.4. The number of carbonyl (C=O) groups is 2. The van der Waals surface area contributed by atoms with E-state index >= 15 is 0 Å². The first kappa shape index (κ1) is 15.7. The number of Topliss-reactive ketones (excluding diaryl/α,β-unsaturated/α-hetero) is 1. The highest BCUT2D eigenvalue weighted by atomic mass is 32.1. The van der Waals surface area contributed by atoms with Gasteiger partial charge < -0.3 is 4.90 Å². The number of ketones is 1. The van der Waals surface area contributed by atoms with Crippen LogP contribution in [0.2, 0.25) is 0 Å². The molecule has 1 aliphatic heterocycles. The molecular formula is C19H19NO2S. The second kappa shape index (κ2) is 6.50. The van der Waals surface area contributed by atoms with E-state index in [2.05, 4.69) is 13.0 Å². The van der Waals surface area contributed by atoms with Gasteiger partial charge >= 0.3 is 0 Å². The van der Waals surface area contributed by atoms with E-state index < -0.39 is 0 Å². The molecule has 0 unspecified atom stereocenters. The van der Waals surface area contributed by atoms with E-state index in [-0.39, 0.29) is 17.7 Å². The molecule has 0 bridgehead atoms. The average molecular weight is 325 g/mol. The van der Waals surface area contributed by atoms with Crippen LogP contribution >= 0.6 is 11.3 Å². The summed E-state index contributed by atoms with van der Waals surface area (Å²) in [5, 5.41) is 1.92. The Kier molecular flexibility index (Phi) is 4.44. The number of hydrogen-bond donors (Lipinski definition) is 0. The quantitative estimate of drug-likeness (QED) is 0.617. The lowest BCUT2D eigenvalue weighted by atomic mass is 10.0. The summed E-state index contributed by atoms with van der Waals surface area (Å²) in [4.78, 5) is 26.9. The maximum absolute atomic E-state index is 12.6. The molecule has 23 heavy (non-hydrogen) atoms. The van der Waals surface area contributed by atoms with Crippen molar-refractivity contribution in [1.82, 2.24) is 4.90 Å². The maximum Gasteiger partial charge on any atom is 0.254 e. The molecule has 0 radical (unpaired) electrons. The predicted molar refractivity (Wildman–Crippen MR) is 94.0 cm³/mol. The fraction of sp³-hybridized carbons (Fsp3) is 0.263. The van der Waals surface area contributed by atoms with Gasteiger partial charge in [0.05, 0.1) is 10.9 Å². The lowest BCUT2D eigenvalue weighted by Gasteiger charge is -2.23. The van der Waals surface area contributed by atoms with Crippen molar-refractivity contribution in [3.63, 3.8) is 0 Å². The van der Waals surface area contributed by atoms with E-state index in [0.717, 1.165) is 22.4 Å². The Morgan fingerprint density at radius 1 is 1.22 bits per heavy atom. The van der Waals surface area contributed by atoms with Crippen molar-refractivity contribution in [3.05, 3.63) is 58.3 Å². The Hall–Kier alpha value is -2.20. The number of amides is 1. The minimum absolute atomic E-state index is 0.0607. The van der Waals surface area contributed by atoms with Crippen molar-refractivity contribution in [2.24, 2.45) is 0 Å². The predicted octanol–water partition coefficient (Wildman–Crippen LogP) is 4.41. The molecule has 0 saturated heterocycles. The van der Waals surface area contributed by atoms with Crippen molar-refractivity contribution >= 4 is 23.0 Å². The highest BCUT2D eigenvalue weighted by Gasteiger charge is 2.24. The number of benzene rings is 1. The second-order valence-electron chi connectivity index (χ2n) is 5.66. The molecule has 0 fully saturated rings. The van der Waals surface area contributed by atoms with Crippen LogP contribution in [0.1, 0.15) is 40.3 Å². The lowest BCUT2D eigenvalue weighted by Crippen LogP contribution is -2.35. The van der Waals surface area contributed by atoms with E-state index in [1.807, 2.05) is 46.7 Å². The van der Waals surface area contributed by atoms with Crippen LogP contribution in [0, 0.1) is 0 Å². The fourth-order valence-corrected chi connectivity index (χ4v) is 3.75. The summed E-state index contributed by atoms with van der Waals surface area (Å²) in [5.41, 5.74) is 2.60. The van der Waals surface area contributed by atoms with Crippen molar-refractivity contribution in [1.29, 1.82) is 0 Å². The number of thiophene rings is 1. The molecule has 4 heteroatoms. The van der Waals surface area contributed by atoms with Crippen LogP contribution in [0.3, 0.4) is 0 Å². The topological polar surface area (TPSA) is 37.4 Å². The largest absolute Gasteiger partial charge is 0.329 e. The van der Waals surface area contributed by atoms with Crippen LogP contribution in [-0.2, 0) is 0 Å². The van der Waals surface area contributed by atoms with Crippen LogP contribution in [0.4, 0.5) is 0 Å². The summed E-state index contributed by atoms with van der Waals surface area (Å²) in [6.07, 6.45) is 5.07. The summed E-state index contributed by atoms with van der Waals surface area (Å²) < 4.78 is 0. The summed E-state index contributed by atoms with van der Waals surface area (Å²) in [7, 11) is 0. The van der Waals surface area contributed by atoms with E-state index in [1.54, 1.807) is 6.92 Å². The summed E-state index contributed by atoms with van der Waals surface area (Å²) in [6.45, 7) is 4.35. The van der Waals surface area contributed by atoms with Gasteiger partial charge in [-0.15, -0.1) is 11.3 Å². The molecule has 0 spiro atoms. The number of rotatable bonds is 4. The minimum atomic E-state index is 0.0607. The summed E-state index contributed by atoms with van der Waals surface area (Å²) >= 11 is 1.45. The van der Waals surface area contributed by atoms with Crippen LogP contribution < -0.4 is 0 Å². The monoisotopic (exact) mass is 325 g/mol. The maximum atomic E-state index is 12.6. The Morgan fingerprint density at radius 3 is 2.61 bits per heavy atom. The third-order valence-corrected chi connectivity index (χ3v) is 5.18. The molecule has 2 aromatic rings. The third-order valence-electron chi connectivity index (χ3n) is 4.17. The molecule has 1 aromatic carbocycles. The molecule has 1 aromatic heterocycles. The van der Waals surface area contributed by atoms with Crippen molar-refractivity contribution in [3.8, 4) is 11.1 Å². The van der Waals surface area contributed by atoms with Crippen LogP contribution in [0.25, 0.3) is 11.1 Å². The third kappa shape index (κ3) is 2.99. The van der Waals surface area contributed by atoms with Gasteiger partial charge in [-0.25, -0.2) is 0 Å². The summed E-state index contributed by atoms with van der Waals surface area (Å²) in [6, 6.07) is 9.70. The average Bonchev–Trinajstić information content (AvgIpc) is 3.23. The smallest absolute Gasteiger partial charge is 0.254 e. The van der Waals surface area contributed by atoms with Gasteiger partial charge in [0.1, 0.15) is 0 Å². The highest BCUT2D eigenvalue weighted by molar-refractivity contribution is 7.12. The van der Waals surface area contributed by atoms with E-state index in [9.17, 15) is 9.59 Å². The van der Waals surface area contributed by atoms with Gasteiger partial charge in [-0.2, -0.15) is 0 Å². The minimum Gasteiger partial charge on any atom is -0.329 e. The molecule has 0 N–H and O–H groups in total. The molecule has 118 valence electrons. The number of carbonyl (C=O) groups excluding carboxylic acids is 2. The molecule has 2 heterocycles. The van der Waals surface area contributed by atoms with Gasteiger partial charge in [0, 0.05) is 17.7 Å². The van der Waals surface area contributed by atoms with Gasteiger partial charge in [0.2, 0.25) is 0 Å². The van der Waals surface area contributed by atoms with Gasteiger partial charge in [-0.05, 0) is 42.5 Å². The fourth-order valence-electron chi connectivity index (χ4n) is 2.93. The first-order valence-electron chi connectivity index (χ1n) is 7.78. The Labute approximate surface area is 140 Å². The standard InChI is InChI=1S/C19H19NO2S/c1-3-16-5-4-11-20(16)19(22)15-8-6-14(7-9-15)17-10-12-23-18(17)13(2)21/h4-10,12,16H,3,11H2,1-2H3/t16-/m0/s1. The highest BCUT2D eigenvalue weighted by Crippen LogP contribution is 2.29. The number of nitrogens with zero attached hydrogens (tertiary/aromatic N) is 1. The van der Waals surface area contributed by atoms with E-state index in [4.69, 9.17) is 0 Å². The second-order valence-corrected chi connectivity index (χ2v) is 6.57. The zero-order valence-corrected chi connectivity index (χ0v) is 14.1. The number of hydrogen-bond acceptors (Lipinski definition) is 3. The van der Waals surface area contributed by atoms with Crippen LogP contribution in [-0.4, -0.2) is 29.2 Å². The van der Waals surface area contributed by atoms with Crippen molar-refractivity contribution < 1.29 is 9.59 Å². The van der Waals surface area contributed by atoms with Crippen molar-refractivity contribution in [2.45, 2.75) is 26.3 Å². The van der Waals surface area contributed by atoms with Gasteiger partial charge in [-0.3, -0.25) is 9.59 Å². The van der Waals surface area contributed by atoms with Gasteiger partial charge in [-0.1, -0.05) is 31.2 Å². The zero-order valence-electron chi connectivity index (χ0n) is 13.3. The molecule has 3 nitrogen and oxygen atoms in total. The molecule has 1 aliphatic rings. The van der Waals surface area contributed by atoms with Crippen molar-refractivity contribution in [2.75, 3.05) is 6.54 Å². The Balaban J connectivity index is 1.84. The Morgan fingerprint density at radius 2 is 1.96 bits per heavy atom. The molecule has 0 aliphatic carbocycles. The first-order chi connectivity index (χ1) is 11.1. The van der Waals surface area contributed by atoms with Crippen LogP contribution in [0.15, 0.2) is 47.9 Å².